The van der Waals surface area contributed by atoms with Gasteiger partial charge in [-0.1, -0.05) is 6.07 Å². The van der Waals surface area contributed by atoms with Crippen LogP contribution in [-0.2, 0) is 16.1 Å². The van der Waals surface area contributed by atoms with Crippen molar-refractivity contribution in [2.45, 2.75) is 39.5 Å². The lowest BCUT2D eigenvalue weighted by molar-refractivity contribution is -0.140. The number of benzene rings is 1. The van der Waals surface area contributed by atoms with E-state index >= 15 is 0 Å². The van der Waals surface area contributed by atoms with Gasteiger partial charge in [-0.25, -0.2) is 0 Å². The Morgan fingerprint density at radius 3 is 2.48 bits per heavy atom. The Morgan fingerprint density at radius 1 is 1.09 bits per heavy atom. The summed E-state index contributed by atoms with van der Waals surface area (Å²) >= 11 is 0. The Labute approximate surface area is 192 Å². The van der Waals surface area contributed by atoms with Crippen molar-refractivity contribution in [2.24, 2.45) is 0 Å². The molecule has 1 amide bonds. The lowest BCUT2D eigenvalue weighted by atomic mass is 9.95. The zero-order valence-corrected chi connectivity index (χ0v) is 18.7. The van der Waals surface area contributed by atoms with E-state index in [0.29, 0.717) is 16.9 Å². The van der Waals surface area contributed by atoms with E-state index in [-0.39, 0.29) is 24.0 Å². The lowest BCUT2D eigenvalue weighted by Crippen LogP contribution is -2.29. The van der Waals surface area contributed by atoms with Crippen LogP contribution in [0.4, 0.5) is 0 Å². The lowest BCUT2D eigenvalue weighted by Gasteiger charge is -2.25. The minimum absolute atomic E-state index is 0.00670. The second-order valence-corrected chi connectivity index (χ2v) is 8.22. The zero-order valence-electron chi connectivity index (χ0n) is 18.7. The topological polar surface area (TPSA) is 92.6 Å². The van der Waals surface area contributed by atoms with E-state index < -0.39 is 17.7 Å². The number of likely N-dealkylation sites (tertiary alicyclic amines) is 1. The molecular weight excluding hydrogens is 418 g/mol. The Balaban J connectivity index is 1.81. The summed E-state index contributed by atoms with van der Waals surface area (Å²) < 4.78 is 5.78. The number of pyridine rings is 2. The van der Waals surface area contributed by atoms with E-state index in [1.807, 2.05) is 20.8 Å². The minimum atomic E-state index is -0.765. The van der Waals surface area contributed by atoms with E-state index in [9.17, 15) is 14.7 Å². The molecule has 0 bridgehead atoms. The van der Waals surface area contributed by atoms with Gasteiger partial charge in [0.05, 0.1) is 17.7 Å². The largest absolute Gasteiger partial charge is 0.507 e. The number of hydrogen-bond donors (Lipinski definition) is 1. The van der Waals surface area contributed by atoms with E-state index in [0.717, 1.165) is 11.1 Å². The van der Waals surface area contributed by atoms with Crippen molar-refractivity contribution in [3.8, 4) is 5.75 Å². The van der Waals surface area contributed by atoms with Crippen LogP contribution in [0.1, 0.15) is 42.1 Å². The van der Waals surface area contributed by atoms with Gasteiger partial charge in [0.2, 0.25) is 0 Å². The number of carbonyl (C=O) groups excluding carboxylic acids is 2. The van der Waals surface area contributed by atoms with Crippen LogP contribution in [0.15, 0.2) is 72.8 Å². The molecule has 7 heteroatoms. The third-order valence-corrected chi connectivity index (χ3v) is 5.45. The third-order valence-electron chi connectivity index (χ3n) is 5.45. The number of amides is 1. The summed E-state index contributed by atoms with van der Waals surface area (Å²) in [7, 11) is 0. The van der Waals surface area contributed by atoms with Gasteiger partial charge in [-0.3, -0.25) is 19.6 Å². The van der Waals surface area contributed by atoms with Crippen LogP contribution in [0.25, 0.3) is 5.76 Å². The van der Waals surface area contributed by atoms with Crippen molar-refractivity contribution in [3.05, 3.63) is 95.1 Å². The predicted octanol–water partition coefficient (Wildman–Crippen LogP) is 4.19. The highest BCUT2D eigenvalue weighted by atomic mass is 16.5. The maximum absolute atomic E-state index is 13.1. The highest BCUT2D eigenvalue weighted by molar-refractivity contribution is 6.46. The second kappa shape index (κ2) is 9.24. The molecule has 1 N–H and O–H groups in total. The molecule has 2 aromatic heterocycles. The summed E-state index contributed by atoms with van der Waals surface area (Å²) in [6, 6.07) is 11.5. The quantitative estimate of drug-likeness (QED) is 0.349. The number of Topliss-reactive ketones (excluding diaryl/α,β-unsaturated/α-hetero) is 1. The van der Waals surface area contributed by atoms with Crippen molar-refractivity contribution >= 4 is 17.4 Å². The molecule has 168 valence electrons. The third kappa shape index (κ3) is 4.48. The molecule has 4 rings (SSSR count). The number of ketones is 1. The predicted molar refractivity (Wildman–Crippen MR) is 123 cm³/mol. The molecule has 1 aliphatic heterocycles. The molecule has 0 saturated carbocycles. The van der Waals surface area contributed by atoms with Gasteiger partial charge in [0.1, 0.15) is 11.5 Å². The van der Waals surface area contributed by atoms with Crippen LogP contribution >= 0.6 is 0 Å². The molecule has 33 heavy (non-hydrogen) atoms. The Kier molecular flexibility index (Phi) is 6.22. The summed E-state index contributed by atoms with van der Waals surface area (Å²) in [5, 5.41) is 11.2. The SMILES string of the molecule is Cc1cc(/C(O)=C2/C(=O)C(=O)N(Cc3ccncc3)C2c2cccnc2)ccc1OC(C)C. The van der Waals surface area contributed by atoms with Gasteiger partial charge in [-0.05, 0) is 73.9 Å². The smallest absolute Gasteiger partial charge is 0.295 e. The fourth-order valence-corrected chi connectivity index (χ4v) is 3.95. The van der Waals surface area contributed by atoms with Crippen LogP contribution in [-0.4, -0.2) is 37.8 Å². The summed E-state index contributed by atoms with van der Waals surface area (Å²) in [6.45, 7) is 5.94. The first-order valence-electron chi connectivity index (χ1n) is 10.7. The van der Waals surface area contributed by atoms with Gasteiger partial charge < -0.3 is 14.7 Å². The number of carbonyl (C=O) groups is 2. The monoisotopic (exact) mass is 443 g/mol. The fraction of sp³-hybridized carbons (Fsp3) is 0.231. The van der Waals surface area contributed by atoms with Crippen molar-refractivity contribution in [2.75, 3.05) is 0 Å². The van der Waals surface area contributed by atoms with Gasteiger partial charge in [0.15, 0.2) is 0 Å². The first kappa shape index (κ1) is 22.2. The molecule has 7 nitrogen and oxygen atoms in total. The van der Waals surface area contributed by atoms with E-state index in [1.54, 1.807) is 67.3 Å². The molecule has 1 aliphatic rings. The molecule has 1 atom stereocenters. The average molecular weight is 444 g/mol. The highest BCUT2D eigenvalue weighted by Crippen LogP contribution is 2.40. The van der Waals surface area contributed by atoms with Crippen LogP contribution < -0.4 is 4.74 Å². The van der Waals surface area contributed by atoms with Crippen molar-refractivity contribution in [1.82, 2.24) is 14.9 Å². The van der Waals surface area contributed by atoms with Gasteiger partial charge >= 0.3 is 0 Å². The van der Waals surface area contributed by atoms with Crippen LogP contribution in [0.5, 0.6) is 5.75 Å². The number of ether oxygens (including phenoxy) is 1. The summed E-state index contributed by atoms with van der Waals surface area (Å²) in [6.07, 6.45) is 6.50. The van der Waals surface area contributed by atoms with Crippen LogP contribution in [0.2, 0.25) is 0 Å². The Hall–Kier alpha value is -4.00. The molecule has 1 saturated heterocycles. The van der Waals surface area contributed by atoms with Crippen LogP contribution in [0, 0.1) is 6.92 Å². The molecule has 3 heterocycles. The van der Waals surface area contributed by atoms with Gasteiger partial charge in [-0.15, -0.1) is 0 Å². The number of nitrogens with zero attached hydrogens (tertiary/aromatic N) is 3. The molecule has 0 radical (unpaired) electrons. The van der Waals surface area contributed by atoms with Gasteiger partial charge in [0.25, 0.3) is 11.7 Å². The zero-order chi connectivity index (χ0) is 23.5. The summed E-state index contributed by atoms with van der Waals surface area (Å²) in [5.41, 5.74) is 2.77. The van der Waals surface area contributed by atoms with E-state index in [4.69, 9.17) is 4.74 Å². The molecule has 1 fully saturated rings. The highest BCUT2D eigenvalue weighted by Gasteiger charge is 2.46. The first-order chi connectivity index (χ1) is 15.9. The number of aliphatic hydroxyl groups excluding tert-OH is 1. The average Bonchev–Trinajstić information content (AvgIpc) is 3.06. The fourth-order valence-electron chi connectivity index (χ4n) is 3.95. The van der Waals surface area contributed by atoms with E-state index in [1.165, 1.54) is 4.90 Å². The Bertz CT molecular complexity index is 1210. The normalized spacial score (nSPS) is 17.6. The summed E-state index contributed by atoms with van der Waals surface area (Å²) in [5.74, 6) is -0.920. The molecule has 0 aliphatic carbocycles. The standard InChI is InChI=1S/C26H25N3O4/c1-16(2)33-21-7-6-19(13-17(21)3)24(30)22-23(20-5-4-10-28-14-20)29(26(32)25(22)31)15-18-8-11-27-12-9-18/h4-14,16,23,30H,15H2,1-3H3/b24-22-. The number of aliphatic hydroxyl groups is 1. The van der Waals surface area contributed by atoms with Crippen molar-refractivity contribution in [3.63, 3.8) is 0 Å². The van der Waals surface area contributed by atoms with Crippen molar-refractivity contribution < 1.29 is 19.4 Å². The minimum Gasteiger partial charge on any atom is -0.507 e. The van der Waals surface area contributed by atoms with E-state index in [2.05, 4.69) is 9.97 Å². The molecular formula is C26H25N3O4. The number of hydrogen-bond acceptors (Lipinski definition) is 6. The maximum atomic E-state index is 13.1. The van der Waals surface area contributed by atoms with Gasteiger partial charge in [-0.2, -0.15) is 0 Å². The van der Waals surface area contributed by atoms with Crippen LogP contribution in [0.3, 0.4) is 0 Å². The second-order valence-electron chi connectivity index (χ2n) is 8.22. The summed E-state index contributed by atoms with van der Waals surface area (Å²) in [4.78, 5) is 35.8. The number of aryl methyl sites for hydroxylation is 1. The first-order valence-corrected chi connectivity index (χ1v) is 10.7. The molecule has 3 aromatic rings. The Morgan fingerprint density at radius 2 is 1.85 bits per heavy atom. The molecule has 1 unspecified atom stereocenters. The maximum Gasteiger partial charge on any atom is 0.295 e. The van der Waals surface area contributed by atoms with Gasteiger partial charge in [0, 0.05) is 36.9 Å². The number of aromatic nitrogens is 2. The van der Waals surface area contributed by atoms with Crippen molar-refractivity contribution in [1.29, 1.82) is 0 Å². The number of rotatable bonds is 6. The molecule has 1 aromatic carbocycles. The molecule has 0 spiro atoms.